The molecule has 4 rings (SSSR count). The van der Waals surface area contributed by atoms with Crippen LogP contribution < -0.4 is 4.90 Å². The first-order valence-corrected chi connectivity index (χ1v) is 10.0. The van der Waals surface area contributed by atoms with Crippen molar-refractivity contribution in [3.63, 3.8) is 0 Å². The molecule has 0 aliphatic carbocycles. The third-order valence-corrected chi connectivity index (χ3v) is 5.94. The maximum atomic E-state index is 13.0. The van der Waals surface area contributed by atoms with Crippen molar-refractivity contribution in [3.8, 4) is 0 Å². The zero-order chi connectivity index (χ0) is 18.8. The highest BCUT2D eigenvalue weighted by molar-refractivity contribution is 8.00. The summed E-state index contributed by atoms with van der Waals surface area (Å²) in [4.78, 5) is 14.9. The van der Waals surface area contributed by atoms with Gasteiger partial charge in [0.05, 0.1) is 11.8 Å². The number of anilines is 1. The minimum absolute atomic E-state index is 0.122. The van der Waals surface area contributed by atoms with Gasteiger partial charge in [-0.3, -0.25) is 4.79 Å². The SMILES string of the molecule is Cc1nnc(SC(C)C(=O)N2CCc3ccccc32)n1Cc1ccccc1. The van der Waals surface area contributed by atoms with Gasteiger partial charge in [-0.2, -0.15) is 0 Å². The predicted molar refractivity (Wildman–Crippen MR) is 108 cm³/mol. The second-order valence-electron chi connectivity index (χ2n) is 6.73. The van der Waals surface area contributed by atoms with Crippen molar-refractivity contribution in [3.05, 3.63) is 71.5 Å². The third-order valence-electron chi connectivity index (χ3n) is 4.87. The number of carbonyl (C=O) groups is 1. The van der Waals surface area contributed by atoms with E-state index in [1.54, 1.807) is 0 Å². The van der Waals surface area contributed by atoms with E-state index in [0.29, 0.717) is 6.54 Å². The van der Waals surface area contributed by atoms with Crippen LogP contribution in [0.25, 0.3) is 0 Å². The maximum absolute atomic E-state index is 13.0. The van der Waals surface area contributed by atoms with Crippen molar-refractivity contribution in [2.75, 3.05) is 11.4 Å². The summed E-state index contributed by atoms with van der Waals surface area (Å²) in [6.45, 7) is 5.35. The fourth-order valence-electron chi connectivity index (χ4n) is 3.39. The summed E-state index contributed by atoms with van der Waals surface area (Å²) in [5.41, 5.74) is 3.47. The van der Waals surface area contributed by atoms with Gasteiger partial charge in [-0.25, -0.2) is 0 Å². The first-order valence-electron chi connectivity index (χ1n) is 9.13. The van der Waals surface area contributed by atoms with Gasteiger partial charge in [-0.05, 0) is 37.5 Å². The molecule has 0 N–H and O–H groups in total. The fraction of sp³-hybridized carbons (Fsp3) is 0.286. The summed E-state index contributed by atoms with van der Waals surface area (Å²) in [6, 6.07) is 18.4. The number of nitrogens with zero attached hydrogens (tertiary/aromatic N) is 4. The van der Waals surface area contributed by atoms with E-state index in [1.165, 1.54) is 22.9 Å². The number of para-hydroxylation sites is 1. The summed E-state index contributed by atoms with van der Waals surface area (Å²) in [5.74, 6) is 0.976. The third kappa shape index (κ3) is 3.62. The van der Waals surface area contributed by atoms with Crippen molar-refractivity contribution in [1.29, 1.82) is 0 Å². The fourth-order valence-corrected chi connectivity index (χ4v) is 4.35. The molecule has 0 fully saturated rings. The molecule has 3 aromatic rings. The van der Waals surface area contributed by atoms with Gasteiger partial charge in [0.15, 0.2) is 5.16 Å². The molecule has 0 spiro atoms. The van der Waals surface area contributed by atoms with Gasteiger partial charge >= 0.3 is 0 Å². The number of hydrogen-bond donors (Lipinski definition) is 0. The Balaban J connectivity index is 1.50. The lowest BCUT2D eigenvalue weighted by atomic mass is 10.2. The van der Waals surface area contributed by atoms with Crippen molar-refractivity contribution in [1.82, 2.24) is 14.8 Å². The molecule has 1 aliphatic heterocycles. The molecule has 0 saturated carbocycles. The molecular formula is C21H22N4OS. The van der Waals surface area contributed by atoms with Gasteiger partial charge in [-0.1, -0.05) is 60.3 Å². The standard InChI is InChI=1S/C21H22N4OS/c1-15(20(26)24-13-12-18-10-6-7-11-19(18)24)27-21-23-22-16(2)25(21)14-17-8-4-3-5-9-17/h3-11,15H,12-14H2,1-2H3. The molecule has 5 nitrogen and oxygen atoms in total. The van der Waals surface area contributed by atoms with Crippen LogP contribution in [0, 0.1) is 6.92 Å². The first-order chi connectivity index (χ1) is 13.1. The van der Waals surface area contributed by atoms with Crippen LogP contribution in [-0.2, 0) is 17.8 Å². The summed E-state index contributed by atoms with van der Waals surface area (Å²) in [5, 5.41) is 9.09. The van der Waals surface area contributed by atoms with Gasteiger partial charge in [0, 0.05) is 12.2 Å². The molecule has 2 heterocycles. The Morgan fingerprint density at radius 2 is 1.85 bits per heavy atom. The predicted octanol–water partition coefficient (Wildman–Crippen LogP) is 3.70. The van der Waals surface area contributed by atoms with E-state index in [2.05, 4.69) is 33.0 Å². The smallest absolute Gasteiger partial charge is 0.240 e. The zero-order valence-corrected chi connectivity index (χ0v) is 16.3. The molecule has 0 saturated heterocycles. The molecule has 27 heavy (non-hydrogen) atoms. The molecule has 2 aromatic carbocycles. The summed E-state index contributed by atoms with van der Waals surface area (Å²) in [6.07, 6.45) is 0.919. The van der Waals surface area contributed by atoms with Crippen LogP contribution in [0.2, 0.25) is 0 Å². The van der Waals surface area contributed by atoms with Crippen molar-refractivity contribution < 1.29 is 4.79 Å². The van der Waals surface area contributed by atoms with Crippen LogP contribution in [0.15, 0.2) is 59.8 Å². The number of amides is 1. The Labute approximate surface area is 163 Å². The van der Waals surface area contributed by atoms with E-state index in [1.807, 2.05) is 55.1 Å². The van der Waals surface area contributed by atoms with Crippen molar-refractivity contribution in [2.24, 2.45) is 0 Å². The van der Waals surface area contributed by atoms with Gasteiger partial charge in [0.2, 0.25) is 5.91 Å². The van der Waals surface area contributed by atoms with Crippen LogP contribution >= 0.6 is 11.8 Å². The summed E-state index contributed by atoms with van der Waals surface area (Å²) >= 11 is 1.48. The normalized spacial score (nSPS) is 14.2. The number of aromatic nitrogens is 3. The number of thioether (sulfide) groups is 1. The molecule has 1 amide bonds. The number of fused-ring (bicyclic) bond motifs is 1. The van der Waals surface area contributed by atoms with Crippen LogP contribution in [0.1, 0.15) is 23.9 Å². The number of rotatable bonds is 5. The molecule has 1 atom stereocenters. The molecule has 1 aliphatic rings. The zero-order valence-electron chi connectivity index (χ0n) is 15.5. The van der Waals surface area contributed by atoms with Crippen molar-refractivity contribution in [2.45, 2.75) is 37.2 Å². The number of carbonyl (C=O) groups excluding carboxylic acids is 1. The lowest BCUT2D eigenvalue weighted by molar-refractivity contribution is -0.117. The molecule has 138 valence electrons. The van der Waals surface area contributed by atoms with Crippen LogP contribution in [0.3, 0.4) is 0 Å². The Morgan fingerprint density at radius 3 is 2.67 bits per heavy atom. The number of benzene rings is 2. The number of hydrogen-bond acceptors (Lipinski definition) is 4. The van der Waals surface area contributed by atoms with Gasteiger partial charge in [0.25, 0.3) is 0 Å². The molecule has 6 heteroatoms. The first kappa shape index (κ1) is 17.8. The molecular weight excluding hydrogens is 356 g/mol. The highest BCUT2D eigenvalue weighted by atomic mass is 32.2. The largest absolute Gasteiger partial charge is 0.311 e. The highest BCUT2D eigenvalue weighted by Crippen LogP contribution is 2.31. The quantitative estimate of drug-likeness (QED) is 0.635. The molecule has 0 bridgehead atoms. The van der Waals surface area contributed by atoms with Gasteiger partial charge < -0.3 is 9.47 Å². The Bertz CT molecular complexity index is 954. The lowest BCUT2D eigenvalue weighted by Crippen LogP contribution is -2.35. The Hall–Kier alpha value is -2.60. The average Bonchev–Trinajstić information content (AvgIpc) is 3.27. The van der Waals surface area contributed by atoms with Gasteiger partial charge in [-0.15, -0.1) is 10.2 Å². The van der Waals surface area contributed by atoms with Gasteiger partial charge in [0.1, 0.15) is 5.82 Å². The lowest BCUT2D eigenvalue weighted by Gasteiger charge is -2.21. The van der Waals surface area contributed by atoms with Crippen LogP contribution in [-0.4, -0.2) is 32.5 Å². The molecule has 0 radical (unpaired) electrons. The van der Waals surface area contributed by atoms with Crippen LogP contribution in [0.4, 0.5) is 5.69 Å². The summed E-state index contributed by atoms with van der Waals surface area (Å²) in [7, 11) is 0. The van der Waals surface area contributed by atoms with E-state index in [0.717, 1.165) is 29.6 Å². The Morgan fingerprint density at radius 1 is 1.11 bits per heavy atom. The maximum Gasteiger partial charge on any atom is 0.240 e. The topological polar surface area (TPSA) is 51.0 Å². The van der Waals surface area contributed by atoms with E-state index in [-0.39, 0.29) is 11.2 Å². The van der Waals surface area contributed by atoms with E-state index in [9.17, 15) is 4.79 Å². The molecule has 1 unspecified atom stereocenters. The van der Waals surface area contributed by atoms with E-state index in [4.69, 9.17) is 0 Å². The van der Waals surface area contributed by atoms with E-state index < -0.39 is 0 Å². The Kier molecular flexibility index (Phi) is 4.99. The minimum Gasteiger partial charge on any atom is -0.311 e. The number of aryl methyl sites for hydroxylation is 1. The molecule has 1 aromatic heterocycles. The second kappa shape index (κ2) is 7.56. The second-order valence-corrected chi connectivity index (χ2v) is 8.04. The average molecular weight is 379 g/mol. The minimum atomic E-state index is -0.228. The van der Waals surface area contributed by atoms with Crippen LogP contribution in [0.5, 0.6) is 0 Å². The monoisotopic (exact) mass is 378 g/mol. The van der Waals surface area contributed by atoms with E-state index >= 15 is 0 Å². The highest BCUT2D eigenvalue weighted by Gasteiger charge is 2.29. The van der Waals surface area contributed by atoms with Crippen molar-refractivity contribution >= 4 is 23.4 Å². The summed E-state index contributed by atoms with van der Waals surface area (Å²) < 4.78 is 2.07.